The first-order valence-electron chi connectivity index (χ1n) is 7.08. The van der Waals surface area contributed by atoms with E-state index in [1.807, 2.05) is 0 Å². The SMILES string of the molecule is Cc1[cH-]c(C)c(C)c1C.Cc1c(C)c(C)[c-](C)c1C.[Hf]. The Kier molecular flexibility index (Phi) is 7.38. The van der Waals surface area contributed by atoms with Crippen molar-refractivity contribution >= 4 is 0 Å². The molecule has 2 aromatic carbocycles. The van der Waals surface area contributed by atoms with Crippen LogP contribution in [0, 0.1) is 62.3 Å². The van der Waals surface area contributed by atoms with Crippen LogP contribution in [-0.4, -0.2) is 0 Å². The normalized spacial score (nSPS) is 9.85. The number of hydrogen-bond donors (Lipinski definition) is 0. The summed E-state index contributed by atoms with van der Waals surface area (Å²) in [6, 6.07) is 2.24. The second-order valence-electron chi connectivity index (χ2n) is 5.89. The van der Waals surface area contributed by atoms with Gasteiger partial charge in [0.25, 0.3) is 0 Å². The fourth-order valence-corrected chi connectivity index (χ4v) is 2.54. The van der Waals surface area contributed by atoms with Crippen molar-refractivity contribution < 1.29 is 25.8 Å². The quantitative estimate of drug-likeness (QED) is 0.375. The van der Waals surface area contributed by atoms with Crippen molar-refractivity contribution in [2.24, 2.45) is 0 Å². The zero-order chi connectivity index (χ0) is 14.9. The summed E-state index contributed by atoms with van der Waals surface area (Å²) in [5.74, 6) is 0. The van der Waals surface area contributed by atoms with Crippen LogP contribution in [0.1, 0.15) is 50.1 Å². The molecule has 20 heavy (non-hydrogen) atoms. The van der Waals surface area contributed by atoms with Crippen LogP contribution >= 0.6 is 0 Å². The second kappa shape index (κ2) is 7.54. The minimum atomic E-state index is 0. The minimum absolute atomic E-state index is 0. The molecule has 0 aromatic heterocycles. The van der Waals surface area contributed by atoms with Crippen LogP contribution in [0.3, 0.4) is 0 Å². The second-order valence-corrected chi connectivity index (χ2v) is 5.89. The van der Waals surface area contributed by atoms with E-state index in [4.69, 9.17) is 0 Å². The predicted molar refractivity (Wildman–Crippen MR) is 86.7 cm³/mol. The van der Waals surface area contributed by atoms with Crippen LogP contribution in [-0.2, 0) is 25.8 Å². The molecule has 0 fully saturated rings. The third-order valence-electron chi connectivity index (χ3n) is 4.99. The molecule has 110 valence electrons. The van der Waals surface area contributed by atoms with Gasteiger partial charge in [-0.15, -0.1) is 0 Å². The van der Waals surface area contributed by atoms with E-state index in [1.54, 1.807) is 0 Å². The predicted octanol–water partition coefficient (Wildman–Crippen LogP) is 5.58. The summed E-state index contributed by atoms with van der Waals surface area (Å²) in [5.41, 5.74) is 13.1. The molecule has 0 spiro atoms. The van der Waals surface area contributed by atoms with Crippen LogP contribution < -0.4 is 0 Å². The zero-order valence-electron chi connectivity index (χ0n) is 14.6. The minimum Gasteiger partial charge on any atom is -0.196 e. The molecule has 0 amide bonds. The van der Waals surface area contributed by atoms with Gasteiger partial charge >= 0.3 is 0 Å². The first kappa shape index (κ1) is 19.6. The van der Waals surface area contributed by atoms with E-state index in [9.17, 15) is 0 Å². The van der Waals surface area contributed by atoms with Crippen LogP contribution in [0.25, 0.3) is 0 Å². The van der Waals surface area contributed by atoms with E-state index in [-0.39, 0.29) is 25.8 Å². The van der Waals surface area contributed by atoms with Crippen LogP contribution in [0.4, 0.5) is 0 Å². The summed E-state index contributed by atoms with van der Waals surface area (Å²) < 4.78 is 0. The van der Waals surface area contributed by atoms with Crippen molar-refractivity contribution in [2.45, 2.75) is 62.3 Å². The van der Waals surface area contributed by atoms with Gasteiger partial charge in [-0.05, 0) is 0 Å². The molecule has 0 aliphatic heterocycles. The van der Waals surface area contributed by atoms with Gasteiger partial charge in [0.05, 0.1) is 0 Å². The molecule has 0 N–H and O–H groups in total. The molecule has 0 radical (unpaired) electrons. The van der Waals surface area contributed by atoms with Gasteiger partial charge in [0, 0.05) is 25.8 Å². The van der Waals surface area contributed by atoms with Crippen LogP contribution in [0.5, 0.6) is 0 Å². The molecule has 0 nitrogen and oxygen atoms in total. The average molecular weight is 435 g/mol. The summed E-state index contributed by atoms with van der Waals surface area (Å²) in [6.07, 6.45) is 0. The van der Waals surface area contributed by atoms with Gasteiger partial charge in [0.2, 0.25) is 0 Å². The Morgan fingerprint density at radius 1 is 0.600 bits per heavy atom. The molecule has 2 rings (SSSR count). The molecule has 0 aliphatic carbocycles. The van der Waals surface area contributed by atoms with Crippen molar-refractivity contribution in [1.82, 2.24) is 0 Å². The number of hydrogen-bond acceptors (Lipinski definition) is 0. The van der Waals surface area contributed by atoms with Crippen molar-refractivity contribution in [3.63, 3.8) is 0 Å². The molecule has 0 bridgehead atoms. The van der Waals surface area contributed by atoms with Crippen molar-refractivity contribution in [3.8, 4) is 0 Å². The molecular formula is C19H28Hf-2. The molecule has 0 aliphatic rings. The Bertz CT molecular complexity index is 477. The average Bonchev–Trinajstić information content (AvgIpc) is 2.69. The Labute approximate surface area is 144 Å². The Morgan fingerprint density at radius 3 is 1.00 bits per heavy atom. The topological polar surface area (TPSA) is 0 Å². The van der Waals surface area contributed by atoms with E-state index in [1.165, 1.54) is 50.1 Å². The smallest absolute Gasteiger partial charge is 0 e. The zero-order valence-corrected chi connectivity index (χ0v) is 18.2. The molecule has 2 aromatic rings. The molecule has 1 heteroatoms. The fourth-order valence-electron chi connectivity index (χ4n) is 2.54. The van der Waals surface area contributed by atoms with Crippen molar-refractivity contribution in [3.05, 3.63) is 56.1 Å². The number of aryl methyl sites for hydroxylation is 2. The van der Waals surface area contributed by atoms with Gasteiger partial charge in [-0.25, -0.2) is 0 Å². The number of rotatable bonds is 0. The van der Waals surface area contributed by atoms with E-state index < -0.39 is 0 Å². The third-order valence-corrected chi connectivity index (χ3v) is 4.99. The van der Waals surface area contributed by atoms with E-state index in [2.05, 4.69) is 68.4 Å². The maximum absolute atomic E-state index is 2.24. The maximum Gasteiger partial charge on any atom is 0 e. The summed E-state index contributed by atoms with van der Waals surface area (Å²) >= 11 is 0. The first-order chi connectivity index (χ1) is 8.68. The Hall–Kier alpha value is -0.430. The standard InChI is InChI=1S/C10H15.C9H13.Hf/c1-6-7(2)9(4)10(5)8(6)3;1-6-5-7(2)9(4)8(6)3;/h1-5H3;5H,1-4H3;/q2*-1;. The van der Waals surface area contributed by atoms with Crippen LogP contribution in [0.15, 0.2) is 6.07 Å². The van der Waals surface area contributed by atoms with Gasteiger partial charge in [-0.3, -0.25) is 0 Å². The Morgan fingerprint density at radius 2 is 0.900 bits per heavy atom. The molecule has 0 unspecified atom stereocenters. The third kappa shape index (κ3) is 3.81. The van der Waals surface area contributed by atoms with Gasteiger partial charge in [0.1, 0.15) is 0 Å². The largest absolute Gasteiger partial charge is 0.196 e. The van der Waals surface area contributed by atoms with E-state index in [0.29, 0.717) is 0 Å². The van der Waals surface area contributed by atoms with Gasteiger partial charge in [-0.2, -0.15) is 56.1 Å². The summed E-state index contributed by atoms with van der Waals surface area (Å²) in [4.78, 5) is 0. The molecule has 0 saturated carbocycles. The van der Waals surface area contributed by atoms with Crippen molar-refractivity contribution in [1.29, 1.82) is 0 Å². The summed E-state index contributed by atoms with van der Waals surface area (Å²) in [6.45, 7) is 19.7. The van der Waals surface area contributed by atoms with Gasteiger partial charge in [0.15, 0.2) is 0 Å². The van der Waals surface area contributed by atoms with E-state index >= 15 is 0 Å². The summed E-state index contributed by atoms with van der Waals surface area (Å²) in [5, 5.41) is 0. The molecule has 0 atom stereocenters. The van der Waals surface area contributed by atoms with Gasteiger partial charge in [-0.1, -0.05) is 62.3 Å². The maximum atomic E-state index is 2.24. The molecule has 0 saturated heterocycles. The Balaban J connectivity index is 0.000000345. The van der Waals surface area contributed by atoms with Crippen LogP contribution in [0.2, 0.25) is 0 Å². The molecular weight excluding hydrogens is 407 g/mol. The van der Waals surface area contributed by atoms with Gasteiger partial charge < -0.3 is 0 Å². The monoisotopic (exact) mass is 436 g/mol. The van der Waals surface area contributed by atoms with Crippen molar-refractivity contribution in [2.75, 3.05) is 0 Å². The summed E-state index contributed by atoms with van der Waals surface area (Å²) in [7, 11) is 0. The first-order valence-corrected chi connectivity index (χ1v) is 7.08. The van der Waals surface area contributed by atoms with E-state index in [0.717, 1.165) is 0 Å². The molecule has 0 heterocycles. The fraction of sp³-hybridized carbons (Fsp3) is 0.474.